The summed E-state index contributed by atoms with van der Waals surface area (Å²) < 4.78 is 5.50. The standard InChI is InChI=1S/C38H64O4/c1-6-7-8-9-10-11-12-13-14-15-16-17-18-19-20-22-35(39)42-30-27-31(2)23-25-33-32(3)24-26-34-37(33,4)28-21-29-38(34,5)36(40)41/h13-14,27,33-34H,3,6-12,15-26,28-30H2,1-2,4-5H3,(H,40,41)/b14-13+,31-27+/t33-,34+,37+,38-/m0/s1. The van der Waals surface area contributed by atoms with Gasteiger partial charge in [-0.2, -0.15) is 0 Å². The van der Waals surface area contributed by atoms with Crippen molar-refractivity contribution in [3.63, 3.8) is 0 Å². The molecule has 0 aromatic rings. The summed E-state index contributed by atoms with van der Waals surface area (Å²) in [6, 6.07) is 0. The second kappa shape index (κ2) is 19.4. The van der Waals surface area contributed by atoms with Gasteiger partial charge in [-0.3, -0.25) is 9.59 Å². The molecular formula is C38H64O4. The van der Waals surface area contributed by atoms with Crippen LogP contribution in [-0.4, -0.2) is 23.7 Å². The quantitative estimate of drug-likeness (QED) is 0.0828. The molecule has 2 aliphatic rings. The molecule has 42 heavy (non-hydrogen) atoms. The van der Waals surface area contributed by atoms with Crippen molar-refractivity contribution in [2.75, 3.05) is 6.61 Å². The highest BCUT2D eigenvalue weighted by Gasteiger charge is 2.57. The monoisotopic (exact) mass is 584 g/mol. The van der Waals surface area contributed by atoms with E-state index in [1.807, 2.05) is 13.0 Å². The number of aliphatic carboxylic acids is 1. The third kappa shape index (κ3) is 11.7. The van der Waals surface area contributed by atoms with Crippen LogP contribution in [0.25, 0.3) is 0 Å². The summed E-state index contributed by atoms with van der Waals surface area (Å²) in [6.45, 7) is 13.4. The Labute approximate surface area is 258 Å². The van der Waals surface area contributed by atoms with Crippen LogP contribution >= 0.6 is 0 Å². The van der Waals surface area contributed by atoms with E-state index in [0.29, 0.717) is 18.9 Å². The molecule has 0 heterocycles. The first kappa shape index (κ1) is 36.4. The zero-order chi connectivity index (χ0) is 30.8. The number of carboxylic acids is 1. The zero-order valence-electron chi connectivity index (χ0n) is 27.8. The first-order valence-corrected chi connectivity index (χ1v) is 17.5. The van der Waals surface area contributed by atoms with Crippen LogP contribution < -0.4 is 0 Å². The Hall–Kier alpha value is -1.84. The third-order valence-corrected chi connectivity index (χ3v) is 10.7. The molecule has 2 rings (SSSR count). The maximum absolute atomic E-state index is 12.2. The maximum Gasteiger partial charge on any atom is 0.309 e. The molecule has 0 aromatic carbocycles. The van der Waals surface area contributed by atoms with Gasteiger partial charge in [0, 0.05) is 6.42 Å². The highest BCUT2D eigenvalue weighted by Crippen LogP contribution is 2.62. The number of hydrogen-bond acceptors (Lipinski definition) is 3. The van der Waals surface area contributed by atoms with Gasteiger partial charge in [0.25, 0.3) is 0 Å². The molecule has 0 aliphatic heterocycles. The lowest BCUT2D eigenvalue weighted by Gasteiger charge is -2.57. The summed E-state index contributed by atoms with van der Waals surface area (Å²) in [6.07, 6.45) is 30.2. The molecule has 4 atom stereocenters. The fourth-order valence-corrected chi connectivity index (χ4v) is 7.90. The number of carbonyl (C=O) groups is 2. The van der Waals surface area contributed by atoms with Crippen LogP contribution in [0.15, 0.2) is 36.0 Å². The normalized spacial score (nSPS) is 26.4. The first-order chi connectivity index (χ1) is 20.1. The lowest BCUT2D eigenvalue weighted by atomic mass is 9.46. The summed E-state index contributed by atoms with van der Waals surface area (Å²) in [5.41, 5.74) is 1.90. The molecule has 0 radical (unpaired) electrons. The van der Waals surface area contributed by atoms with Crippen LogP contribution in [0.5, 0.6) is 0 Å². The van der Waals surface area contributed by atoms with E-state index in [-0.39, 0.29) is 17.3 Å². The Morgan fingerprint density at radius 2 is 1.55 bits per heavy atom. The SMILES string of the molecule is C=C1CC[C@@H]2[C@](C)(CCC[C@]2(C)C(=O)O)[C@H]1CC/C(C)=C/COC(=O)CCCCCCC/C=C/CCCCCCCC. The highest BCUT2D eigenvalue weighted by molar-refractivity contribution is 5.75. The fourth-order valence-electron chi connectivity index (χ4n) is 7.90. The molecule has 0 unspecified atom stereocenters. The Morgan fingerprint density at radius 1 is 0.929 bits per heavy atom. The minimum atomic E-state index is -0.635. The van der Waals surface area contributed by atoms with Crippen LogP contribution in [0.4, 0.5) is 0 Å². The van der Waals surface area contributed by atoms with E-state index in [4.69, 9.17) is 4.74 Å². The number of carboxylic acid groups (broad SMARTS) is 1. The minimum absolute atomic E-state index is 0.00257. The number of fused-ring (bicyclic) bond motifs is 1. The fraction of sp³-hybridized carbons (Fsp3) is 0.789. The Bertz CT molecular complexity index is 886. The number of ether oxygens (including phenoxy) is 1. The van der Waals surface area contributed by atoms with E-state index in [0.717, 1.165) is 57.8 Å². The second-order valence-corrected chi connectivity index (χ2v) is 14.0. The summed E-state index contributed by atoms with van der Waals surface area (Å²) in [5.74, 6) is -0.178. The molecule has 4 heteroatoms. The summed E-state index contributed by atoms with van der Waals surface area (Å²) in [7, 11) is 0. The molecule has 2 saturated carbocycles. The smallest absolute Gasteiger partial charge is 0.309 e. The molecule has 0 bridgehead atoms. The van der Waals surface area contributed by atoms with Gasteiger partial charge in [-0.25, -0.2) is 0 Å². The van der Waals surface area contributed by atoms with Crippen LogP contribution in [0, 0.1) is 22.7 Å². The van der Waals surface area contributed by atoms with Crippen molar-refractivity contribution < 1.29 is 19.4 Å². The molecule has 0 aromatic heterocycles. The van der Waals surface area contributed by atoms with Crippen molar-refractivity contribution in [1.29, 1.82) is 0 Å². The van der Waals surface area contributed by atoms with Crippen molar-refractivity contribution >= 4 is 11.9 Å². The van der Waals surface area contributed by atoms with Crippen molar-refractivity contribution in [3.05, 3.63) is 36.0 Å². The average molecular weight is 585 g/mol. The molecule has 2 fully saturated rings. The lowest BCUT2D eigenvalue weighted by molar-refractivity contribution is -0.164. The van der Waals surface area contributed by atoms with E-state index < -0.39 is 11.4 Å². The van der Waals surface area contributed by atoms with Gasteiger partial charge in [0.2, 0.25) is 0 Å². The zero-order valence-corrected chi connectivity index (χ0v) is 27.8. The van der Waals surface area contributed by atoms with E-state index in [9.17, 15) is 14.7 Å². The van der Waals surface area contributed by atoms with Gasteiger partial charge in [0.15, 0.2) is 0 Å². The molecule has 1 N–H and O–H groups in total. The highest BCUT2D eigenvalue weighted by atomic mass is 16.5. The Morgan fingerprint density at radius 3 is 2.19 bits per heavy atom. The molecule has 0 saturated heterocycles. The second-order valence-electron chi connectivity index (χ2n) is 14.0. The molecule has 240 valence electrons. The minimum Gasteiger partial charge on any atom is -0.481 e. The van der Waals surface area contributed by atoms with Crippen molar-refractivity contribution in [3.8, 4) is 0 Å². The number of unbranched alkanes of at least 4 members (excludes halogenated alkanes) is 11. The van der Waals surface area contributed by atoms with Crippen LogP contribution in [0.1, 0.15) is 163 Å². The van der Waals surface area contributed by atoms with Crippen LogP contribution in [0.3, 0.4) is 0 Å². The lowest BCUT2D eigenvalue weighted by Crippen LogP contribution is -2.53. The van der Waals surface area contributed by atoms with Gasteiger partial charge in [-0.05, 0) is 108 Å². The topological polar surface area (TPSA) is 63.6 Å². The summed E-state index contributed by atoms with van der Waals surface area (Å²) >= 11 is 0. The number of rotatable bonds is 21. The van der Waals surface area contributed by atoms with Gasteiger partial charge in [-0.1, -0.05) is 102 Å². The van der Waals surface area contributed by atoms with Gasteiger partial charge < -0.3 is 9.84 Å². The Kier molecular flexibility index (Phi) is 16.8. The maximum atomic E-state index is 12.2. The van der Waals surface area contributed by atoms with Gasteiger partial charge in [0.05, 0.1) is 5.41 Å². The molecular weight excluding hydrogens is 520 g/mol. The third-order valence-electron chi connectivity index (χ3n) is 10.7. The van der Waals surface area contributed by atoms with E-state index in [1.165, 1.54) is 81.8 Å². The van der Waals surface area contributed by atoms with Crippen LogP contribution in [-0.2, 0) is 14.3 Å². The van der Waals surface area contributed by atoms with E-state index in [2.05, 4.69) is 39.5 Å². The van der Waals surface area contributed by atoms with Gasteiger partial charge in [-0.15, -0.1) is 0 Å². The summed E-state index contributed by atoms with van der Waals surface area (Å²) in [4.78, 5) is 24.4. The predicted octanol–water partition coefficient (Wildman–Crippen LogP) is 11.2. The first-order valence-electron chi connectivity index (χ1n) is 17.5. The van der Waals surface area contributed by atoms with E-state index in [1.54, 1.807) is 0 Å². The van der Waals surface area contributed by atoms with Crippen LogP contribution in [0.2, 0.25) is 0 Å². The summed E-state index contributed by atoms with van der Waals surface area (Å²) in [5, 5.41) is 10.1. The number of carbonyl (C=O) groups excluding carboxylic acids is 1. The molecule has 0 amide bonds. The predicted molar refractivity (Wildman–Crippen MR) is 176 cm³/mol. The average Bonchev–Trinajstić information content (AvgIpc) is 2.94. The molecule has 4 nitrogen and oxygen atoms in total. The molecule has 0 spiro atoms. The van der Waals surface area contributed by atoms with Crippen molar-refractivity contribution in [2.45, 2.75) is 163 Å². The Balaban J connectivity index is 1.56. The van der Waals surface area contributed by atoms with Crippen molar-refractivity contribution in [2.24, 2.45) is 22.7 Å². The molecule has 2 aliphatic carbocycles. The van der Waals surface area contributed by atoms with E-state index >= 15 is 0 Å². The van der Waals surface area contributed by atoms with Gasteiger partial charge in [0.1, 0.15) is 6.61 Å². The number of hydrogen-bond donors (Lipinski definition) is 1. The number of allylic oxidation sites excluding steroid dienone is 4. The van der Waals surface area contributed by atoms with Gasteiger partial charge >= 0.3 is 11.9 Å². The largest absolute Gasteiger partial charge is 0.481 e. The van der Waals surface area contributed by atoms with Crippen molar-refractivity contribution in [1.82, 2.24) is 0 Å². The number of esters is 1.